The highest BCUT2D eigenvalue weighted by Crippen LogP contribution is 2.32. The Bertz CT molecular complexity index is 672. The summed E-state index contributed by atoms with van der Waals surface area (Å²) in [6, 6.07) is 7.70. The zero-order valence-electron chi connectivity index (χ0n) is 14.5. The van der Waals surface area contributed by atoms with Crippen LogP contribution in [-0.4, -0.2) is 36.1 Å². The van der Waals surface area contributed by atoms with Gasteiger partial charge in [-0.15, -0.1) is 0 Å². The molecule has 23 heavy (non-hydrogen) atoms. The van der Waals surface area contributed by atoms with Gasteiger partial charge in [0.05, 0.1) is 23.1 Å². The van der Waals surface area contributed by atoms with Crippen LogP contribution in [0, 0.1) is 0 Å². The van der Waals surface area contributed by atoms with Crippen LogP contribution in [0.1, 0.15) is 38.2 Å². The number of aromatic nitrogens is 1. The van der Waals surface area contributed by atoms with Gasteiger partial charge in [-0.3, -0.25) is 4.98 Å². The molecule has 1 saturated carbocycles. The van der Waals surface area contributed by atoms with E-state index in [2.05, 4.69) is 54.4 Å². The highest BCUT2D eigenvalue weighted by Gasteiger charge is 2.23. The summed E-state index contributed by atoms with van der Waals surface area (Å²) in [5.41, 5.74) is 10.4. The normalized spacial score (nSPS) is 21.7. The van der Waals surface area contributed by atoms with Crippen molar-refractivity contribution in [2.45, 2.75) is 51.1 Å². The van der Waals surface area contributed by atoms with Crippen molar-refractivity contribution in [1.29, 1.82) is 0 Å². The SMILES string of the molecule is CCc1ccc2ncc(N)c(NC3CCC(N(C)C)CC3)c2c1. The Labute approximate surface area is 139 Å². The molecule has 1 fully saturated rings. The Balaban J connectivity index is 1.83. The standard InChI is InChI=1S/C19H28N4/c1-4-13-5-10-18-16(11-13)19(17(20)12-21-18)22-14-6-8-15(9-7-14)23(2)3/h5,10-12,14-15H,4,6-9,20H2,1-3H3,(H,21,22). The molecule has 3 rings (SSSR count). The first-order valence-corrected chi connectivity index (χ1v) is 8.68. The first-order valence-electron chi connectivity index (χ1n) is 8.68. The number of nitrogens with one attached hydrogen (secondary N) is 1. The molecule has 0 atom stereocenters. The van der Waals surface area contributed by atoms with E-state index in [4.69, 9.17) is 5.73 Å². The number of aryl methyl sites for hydroxylation is 1. The maximum Gasteiger partial charge on any atom is 0.0743 e. The van der Waals surface area contributed by atoms with Crippen LogP contribution < -0.4 is 11.1 Å². The largest absolute Gasteiger partial charge is 0.396 e. The van der Waals surface area contributed by atoms with E-state index in [1.165, 1.54) is 31.2 Å². The van der Waals surface area contributed by atoms with Gasteiger partial charge in [0.2, 0.25) is 0 Å². The van der Waals surface area contributed by atoms with Gasteiger partial charge in [-0.05, 0) is 63.9 Å². The maximum absolute atomic E-state index is 6.24. The number of anilines is 2. The van der Waals surface area contributed by atoms with Crippen LogP contribution in [0.15, 0.2) is 24.4 Å². The van der Waals surface area contributed by atoms with E-state index in [1.54, 1.807) is 6.20 Å². The fraction of sp³-hybridized carbons (Fsp3) is 0.526. The van der Waals surface area contributed by atoms with Crippen molar-refractivity contribution < 1.29 is 0 Å². The number of nitrogen functional groups attached to an aromatic ring is 1. The highest BCUT2D eigenvalue weighted by molar-refractivity contribution is 5.97. The van der Waals surface area contributed by atoms with Gasteiger partial charge < -0.3 is 16.0 Å². The minimum atomic E-state index is 0.504. The van der Waals surface area contributed by atoms with Gasteiger partial charge >= 0.3 is 0 Å². The van der Waals surface area contributed by atoms with E-state index in [1.807, 2.05) is 0 Å². The lowest BCUT2D eigenvalue weighted by Crippen LogP contribution is -2.36. The molecule has 124 valence electrons. The maximum atomic E-state index is 6.24. The third-order valence-electron chi connectivity index (χ3n) is 5.15. The quantitative estimate of drug-likeness (QED) is 0.904. The van der Waals surface area contributed by atoms with Crippen LogP contribution in [0.25, 0.3) is 10.9 Å². The predicted molar refractivity (Wildman–Crippen MR) is 98.9 cm³/mol. The summed E-state index contributed by atoms with van der Waals surface area (Å²) in [6.07, 6.45) is 7.68. The Morgan fingerprint density at radius 3 is 2.61 bits per heavy atom. The fourth-order valence-electron chi connectivity index (χ4n) is 3.58. The van der Waals surface area contributed by atoms with Crippen molar-refractivity contribution in [1.82, 2.24) is 9.88 Å². The Morgan fingerprint density at radius 1 is 1.22 bits per heavy atom. The summed E-state index contributed by atoms with van der Waals surface area (Å²) in [5.74, 6) is 0. The van der Waals surface area contributed by atoms with Crippen LogP contribution in [-0.2, 0) is 6.42 Å². The second kappa shape index (κ2) is 6.75. The number of hydrogen-bond donors (Lipinski definition) is 2. The molecule has 0 unspecified atom stereocenters. The van der Waals surface area contributed by atoms with Crippen molar-refractivity contribution in [2.24, 2.45) is 0 Å². The van der Waals surface area contributed by atoms with E-state index in [0.29, 0.717) is 12.1 Å². The van der Waals surface area contributed by atoms with E-state index < -0.39 is 0 Å². The van der Waals surface area contributed by atoms with Gasteiger partial charge in [-0.2, -0.15) is 0 Å². The lowest BCUT2D eigenvalue weighted by atomic mass is 9.90. The zero-order chi connectivity index (χ0) is 16.4. The zero-order valence-corrected chi connectivity index (χ0v) is 14.5. The van der Waals surface area contributed by atoms with Crippen molar-refractivity contribution in [3.05, 3.63) is 30.0 Å². The molecule has 0 spiro atoms. The topological polar surface area (TPSA) is 54.2 Å². The average Bonchev–Trinajstić information content (AvgIpc) is 2.57. The summed E-state index contributed by atoms with van der Waals surface area (Å²) in [6.45, 7) is 2.18. The molecule has 1 aromatic heterocycles. The van der Waals surface area contributed by atoms with E-state index >= 15 is 0 Å². The molecule has 0 radical (unpaired) electrons. The lowest BCUT2D eigenvalue weighted by molar-refractivity contribution is 0.221. The van der Waals surface area contributed by atoms with Crippen LogP contribution in [0.4, 0.5) is 11.4 Å². The van der Waals surface area contributed by atoms with Crippen LogP contribution in [0.3, 0.4) is 0 Å². The molecule has 1 heterocycles. The number of pyridine rings is 1. The van der Waals surface area contributed by atoms with E-state index in [0.717, 1.165) is 28.7 Å². The molecule has 4 heteroatoms. The second-order valence-corrected chi connectivity index (χ2v) is 6.91. The number of hydrogen-bond acceptors (Lipinski definition) is 4. The number of nitrogens with zero attached hydrogens (tertiary/aromatic N) is 2. The third-order valence-corrected chi connectivity index (χ3v) is 5.15. The van der Waals surface area contributed by atoms with Crippen molar-refractivity contribution in [3.63, 3.8) is 0 Å². The van der Waals surface area contributed by atoms with E-state index in [9.17, 15) is 0 Å². The first kappa shape index (κ1) is 16.1. The van der Waals surface area contributed by atoms with Gasteiger partial charge in [-0.25, -0.2) is 0 Å². The van der Waals surface area contributed by atoms with Gasteiger partial charge in [0.25, 0.3) is 0 Å². The molecular weight excluding hydrogens is 284 g/mol. The molecular formula is C19H28N4. The number of benzene rings is 1. The number of rotatable bonds is 4. The Kier molecular flexibility index (Phi) is 4.71. The monoisotopic (exact) mass is 312 g/mol. The number of fused-ring (bicyclic) bond motifs is 1. The molecule has 1 aliphatic rings. The van der Waals surface area contributed by atoms with Gasteiger partial charge in [0, 0.05) is 17.5 Å². The minimum absolute atomic E-state index is 0.504. The van der Waals surface area contributed by atoms with Crippen LogP contribution in [0.5, 0.6) is 0 Å². The molecule has 4 nitrogen and oxygen atoms in total. The van der Waals surface area contributed by atoms with Crippen molar-refractivity contribution in [2.75, 3.05) is 25.1 Å². The molecule has 0 saturated heterocycles. The first-order chi connectivity index (χ1) is 11.1. The van der Waals surface area contributed by atoms with Gasteiger partial charge in [0.15, 0.2) is 0 Å². The Morgan fingerprint density at radius 2 is 1.96 bits per heavy atom. The highest BCUT2D eigenvalue weighted by atomic mass is 15.1. The second-order valence-electron chi connectivity index (χ2n) is 6.91. The van der Waals surface area contributed by atoms with Crippen molar-refractivity contribution >= 4 is 22.3 Å². The summed E-state index contributed by atoms with van der Waals surface area (Å²) in [7, 11) is 4.36. The summed E-state index contributed by atoms with van der Waals surface area (Å²) < 4.78 is 0. The summed E-state index contributed by atoms with van der Waals surface area (Å²) in [5, 5.41) is 4.87. The summed E-state index contributed by atoms with van der Waals surface area (Å²) >= 11 is 0. The van der Waals surface area contributed by atoms with E-state index in [-0.39, 0.29) is 0 Å². The van der Waals surface area contributed by atoms with Crippen LogP contribution >= 0.6 is 0 Å². The average molecular weight is 312 g/mol. The smallest absolute Gasteiger partial charge is 0.0743 e. The van der Waals surface area contributed by atoms with Crippen molar-refractivity contribution in [3.8, 4) is 0 Å². The predicted octanol–water partition coefficient (Wildman–Crippen LogP) is 3.66. The van der Waals surface area contributed by atoms with Crippen LogP contribution in [0.2, 0.25) is 0 Å². The lowest BCUT2D eigenvalue weighted by Gasteiger charge is -2.33. The molecule has 1 aromatic carbocycles. The Hall–Kier alpha value is -1.81. The fourth-order valence-corrected chi connectivity index (χ4v) is 3.58. The third kappa shape index (κ3) is 3.42. The molecule has 1 aliphatic carbocycles. The minimum Gasteiger partial charge on any atom is -0.396 e. The number of nitrogens with two attached hydrogens (primary N) is 1. The van der Waals surface area contributed by atoms with Gasteiger partial charge in [-0.1, -0.05) is 13.0 Å². The molecule has 0 bridgehead atoms. The molecule has 0 aliphatic heterocycles. The molecule has 2 aromatic rings. The summed E-state index contributed by atoms with van der Waals surface area (Å²) in [4.78, 5) is 6.82. The molecule has 0 amide bonds. The van der Waals surface area contributed by atoms with Gasteiger partial charge in [0.1, 0.15) is 0 Å². The molecule has 3 N–H and O–H groups in total.